The fraction of sp³-hybridized carbons (Fsp3) is 0.156. The maximum atomic E-state index is 6.44. The lowest BCUT2D eigenvalue weighted by molar-refractivity contribution is 0.669. The number of benzene rings is 6. The fourth-order valence-electron chi connectivity index (χ4n) is 6.84. The summed E-state index contributed by atoms with van der Waals surface area (Å²) in [6.07, 6.45) is 10.3. The highest BCUT2D eigenvalue weighted by Gasteiger charge is 2.18. The van der Waals surface area contributed by atoms with E-state index in [1.807, 2.05) is 32.1 Å². The van der Waals surface area contributed by atoms with Crippen LogP contribution >= 0.6 is 0 Å². The van der Waals surface area contributed by atoms with Gasteiger partial charge in [0.1, 0.15) is 11.2 Å². The molecule has 0 spiro atoms. The molecule has 0 N–H and O–H groups in total. The number of nitrogens with zero attached hydrogens (tertiary/aromatic N) is 2. The molecule has 0 amide bonds. The predicted octanol–water partition coefficient (Wildman–Crippen LogP) is 13.0. The standard InChI is InChI=1S/C45H40N2O/c1-6-8-9-16-30(5)41(15-7-2)47-45(46-29(3)4)38-21-14-22-43-44(38)40-28-32(24-26-42(40)48-43)31-23-25-37-35-19-11-10-17-33(35)34-18-12-13-20-36(34)39(37)27-31/h6,8-14,16-28,30H,3,7,15H2,1-2,4-5H3/b8-6-,16-9-,46-45-,47-41+. The van der Waals surface area contributed by atoms with Gasteiger partial charge in [-0.3, -0.25) is 0 Å². The van der Waals surface area contributed by atoms with E-state index in [0.29, 0.717) is 11.5 Å². The molecule has 0 saturated carbocycles. The third-order valence-electron chi connectivity index (χ3n) is 9.09. The lowest BCUT2D eigenvalue weighted by atomic mass is 9.92. The number of amidine groups is 1. The van der Waals surface area contributed by atoms with E-state index in [0.717, 1.165) is 57.2 Å². The number of hydrogen-bond acceptors (Lipinski definition) is 2. The number of allylic oxidation sites excluding steroid dienone is 5. The van der Waals surface area contributed by atoms with Gasteiger partial charge in [0.2, 0.25) is 0 Å². The van der Waals surface area contributed by atoms with Crippen LogP contribution in [-0.2, 0) is 0 Å². The summed E-state index contributed by atoms with van der Waals surface area (Å²) in [7, 11) is 0. The molecule has 1 unspecified atom stereocenters. The lowest BCUT2D eigenvalue weighted by Gasteiger charge is -2.13. The summed E-state index contributed by atoms with van der Waals surface area (Å²) in [5.74, 6) is 0.837. The average molecular weight is 625 g/mol. The summed E-state index contributed by atoms with van der Waals surface area (Å²) in [6, 6.07) is 37.0. The molecule has 6 aromatic carbocycles. The van der Waals surface area contributed by atoms with Gasteiger partial charge in [-0.1, -0.05) is 130 Å². The van der Waals surface area contributed by atoms with Gasteiger partial charge >= 0.3 is 0 Å². The van der Waals surface area contributed by atoms with Gasteiger partial charge in [0.15, 0.2) is 5.84 Å². The summed E-state index contributed by atoms with van der Waals surface area (Å²) < 4.78 is 6.44. The highest BCUT2D eigenvalue weighted by atomic mass is 16.3. The van der Waals surface area contributed by atoms with Crippen molar-refractivity contribution in [2.45, 2.75) is 40.5 Å². The Morgan fingerprint density at radius 3 is 1.98 bits per heavy atom. The monoisotopic (exact) mass is 624 g/mol. The maximum absolute atomic E-state index is 6.44. The van der Waals surface area contributed by atoms with Crippen molar-refractivity contribution in [3.63, 3.8) is 0 Å². The molecule has 3 heteroatoms. The normalized spacial score (nSPS) is 13.7. The van der Waals surface area contributed by atoms with Crippen LogP contribution in [0.2, 0.25) is 0 Å². The van der Waals surface area contributed by atoms with Gasteiger partial charge in [0.25, 0.3) is 0 Å². The topological polar surface area (TPSA) is 37.9 Å². The van der Waals surface area contributed by atoms with Gasteiger partial charge in [-0.15, -0.1) is 0 Å². The Hall–Kier alpha value is -5.54. The second kappa shape index (κ2) is 13.3. The van der Waals surface area contributed by atoms with Crippen LogP contribution in [0.15, 0.2) is 154 Å². The van der Waals surface area contributed by atoms with E-state index in [-0.39, 0.29) is 5.92 Å². The van der Waals surface area contributed by atoms with Gasteiger partial charge < -0.3 is 4.42 Å². The van der Waals surface area contributed by atoms with Crippen molar-refractivity contribution in [2.75, 3.05) is 0 Å². The molecule has 0 radical (unpaired) electrons. The highest BCUT2D eigenvalue weighted by molar-refractivity contribution is 6.26. The first kappa shape index (κ1) is 31.1. The van der Waals surface area contributed by atoms with Crippen molar-refractivity contribution in [3.8, 4) is 11.1 Å². The van der Waals surface area contributed by atoms with E-state index >= 15 is 0 Å². The van der Waals surface area contributed by atoms with Crippen LogP contribution in [0.1, 0.15) is 46.1 Å². The number of hydrogen-bond donors (Lipinski definition) is 0. The first-order chi connectivity index (χ1) is 23.5. The highest BCUT2D eigenvalue weighted by Crippen LogP contribution is 2.39. The van der Waals surface area contributed by atoms with Crippen LogP contribution in [-0.4, -0.2) is 11.5 Å². The quantitative estimate of drug-likeness (QED) is 0.0717. The second-order valence-electron chi connectivity index (χ2n) is 12.6. The van der Waals surface area contributed by atoms with E-state index in [1.54, 1.807) is 0 Å². The Morgan fingerprint density at radius 2 is 1.33 bits per heavy atom. The Bertz CT molecular complexity index is 2430. The Labute approximate surface area is 282 Å². The zero-order valence-corrected chi connectivity index (χ0v) is 28.1. The van der Waals surface area contributed by atoms with Gasteiger partial charge in [-0.05, 0) is 88.0 Å². The SMILES string of the molecule is C=C(C)/N=C(\N=C(/CCC)C(C)/C=C\C=C/C)c1cccc2oc3ccc(-c4ccc5c6ccccc6c6ccccc6c5c4)cc3c12. The van der Waals surface area contributed by atoms with E-state index < -0.39 is 0 Å². The molecule has 3 nitrogen and oxygen atoms in total. The first-order valence-corrected chi connectivity index (χ1v) is 16.9. The minimum atomic E-state index is 0.171. The zero-order valence-electron chi connectivity index (χ0n) is 28.1. The maximum Gasteiger partial charge on any atom is 0.160 e. The molecular formula is C45H40N2O. The third-order valence-corrected chi connectivity index (χ3v) is 9.09. The van der Waals surface area contributed by atoms with E-state index in [1.165, 1.54) is 32.3 Å². The Morgan fingerprint density at radius 1 is 0.708 bits per heavy atom. The summed E-state index contributed by atoms with van der Waals surface area (Å²) in [4.78, 5) is 10.2. The predicted molar refractivity (Wildman–Crippen MR) is 208 cm³/mol. The van der Waals surface area contributed by atoms with Gasteiger partial charge in [0.05, 0.1) is 0 Å². The number of aliphatic imine (C=N–C) groups is 2. The third kappa shape index (κ3) is 5.77. The van der Waals surface area contributed by atoms with Crippen LogP contribution in [0, 0.1) is 5.92 Å². The smallest absolute Gasteiger partial charge is 0.160 e. The molecule has 0 fully saturated rings. The van der Waals surface area contributed by atoms with Crippen LogP contribution in [0.4, 0.5) is 0 Å². The Kier molecular flexibility index (Phi) is 8.61. The Balaban J connectivity index is 1.41. The molecule has 236 valence electrons. The van der Waals surface area contributed by atoms with E-state index in [4.69, 9.17) is 14.4 Å². The second-order valence-corrected chi connectivity index (χ2v) is 12.6. The minimum absolute atomic E-state index is 0.171. The lowest BCUT2D eigenvalue weighted by Crippen LogP contribution is -2.12. The van der Waals surface area contributed by atoms with Crippen LogP contribution in [0.5, 0.6) is 0 Å². The largest absolute Gasteiger partial charge is 0.456 e. The molecule has 0 aliphatic rings. The molecule has 0 aliphatic heterocycles. The van der Waals surface area contributed by atoms with Gasteiger partial charge in [-0.25, -0.2) is 9.98 Å². The van der Waals surface area contributed by atoms with E-state index in [9.17, 15) is 0 Å². The molecular weight excluding hydrogens is 585 g/mol. The summed E-state index contributed by atoms with van der Waals surface area (Å²) in [5, 5.41) is 9.68. The molecule has 0 bridgehead atoms. The molecule has 1 atom stereocenters. The summed E-state index contributed by atoms with van der Waals surface area (Å²) in [5.41, 5.74) is 6.71. The first-order valence-electron chi connectivity index (χ1n) is 16.9. The van der Waals surface area contributed by atoms with Crippen molar-refractivity contribution < 1.29 is 4.42 Å². The summed E-state index contributed by atoms with van der Waals surface area (Å²) >= 11 is 0. The number of fused-ring (bicyclic) bond motifs is 9. The zero-order chi connectivity index (χ0) is 33.2. The molecule has 7 rings (SSSR count). The molecule has 0 saturated heterocycles. The molecule has 0 aliphatic carbocycles. The van der Waals surface area contributed by atoms with Crippen LogP contribution in [0.3, 0.4) is 0 Å². The molecule has 1 heterocycles. The van der Waals surface area contributed by atoms with E-state index in [2.05, 4.69) is 130 Å². The van der Waals surface area contributed by atoms with Crippen LogP contribution in [0.25, 0.3) is 65.4 Å². The minimum Gasteiger partial charge on any atom is -0.456 e. The van der Waals surface area contributed by atoms with Gasteiger partial charge in [0, 0.05) is 33.7 Å². The van der Waals surface area contributed by atoms with Crippen molar-refractivity contribution in [1.82, 2.24) is 0 Å². The van der Waals surface area contributed by atoms with Crippen molar-refractivity contribution in [1.29, 1.82) is 0 Å². The average Bonchev–Trinajstić information content (AvgIpc) is 3.49. The van der Waals surface area contributed by atoms with Crippen molar-refractivity contribution in [3.05, 3.63) is 145 Å². The van der Waals surface area contributed by atoms with Crippen molar-refractivity contribution in [2.24, 2.45) is 15.9 Å². The van der Waals surface area contributed by atoms with Crippen molar-refractivity contribution >= 4 is 65.8 Å². The number of furan rings is 1. The molecule has 1 aromatic heterocycles. The fourth-order valence-corrected chi connectivity index (χ4v) is 6.84. The van der Waals surface area contributed by atoms with Gasteiger partial charge in [-0.2, -0.15) is 0 Å². The molecule has 48 heavy (non-hydrogen) atoms. The molecule has 7 aromatic rings. The summed E-state index contributed by atoms with van der Waals surface area (Å²) in [6.45, 7) is 12.5. The van der Waals surface area contributed by atoms with Crippen LogP contribution < -0.4 is 0 Å². The number of rotatable bonds is 8.